The Bertz CT molecular complexity index is 740. The van der Waals surface area contributed by atoms with E-state index in [9.17, 15) is 4.79 Å². The largest absolute Gasteiger partial charge is 0.384 e. The fraction of sp³-hybridized carbons (Fsp3) is 0. The highest BCUT2D eigenvalue weighted by atomic mass is 16.1. The summed E-state index contributed by atoms with van der Waals surface area (Å²) in [6.45, 7) is 0. The number of nitrogens with two attached hydrogens (primary N) is 2. The summed E-state index contributed by atoms with van der Waals surface area (Å²) >= 11 is 0. The van der Waals surface area contributed by atoms with Gasteiger partial charge in [-0.25, -0.2) is 0 Å². The number of carbonyl (C=O) groups excluding carboxylic acids is 1. The third-order valence-electron chi connectivity index (χ3n) is 2.91. The quantitative estimate of drug-likeness (QED) is 0.376. The molecule has 0 heterocycles. The van der Waals surface area contributed by atoms with Crippen LogP contribution in [0.4, 0.5) is 11.4 Å². The molecule has 112 valence electrons. The van der Waals surface area contributed by atoms with Crippen molar-refractivity contribution in [1.82, 2.24) is 0 Å². The molecular formula is C15H16N6O. The molecule has 0 aliphatic rings. The summed E-state index contributed by atoms with van der Waals surface area (Å²) < 4.78 is 0. The summed E-state index contributed by atoms with van der Waals surface area (Å²) in [6.07, 6.45) is 0. The second-order valence-electron chi connectivity index (χ2n) is 4.50. The Morgan fingerprint density at radius 3 is 1.86 bits per heavy atom. The Labute approximate surface area is 127 Å². The molecule has 0 saturated heterocycles. The van der Waals surface area contributed by atoms with E-state index in [0.717, 1.165) is 0 Å². The van der Waals surface area contributed by atoms with Crippen molar-refractivity contribution >= 4 is 29.1 Å². The van der Waals surface area contributed by atoms with Gasteiger partial charge in [0.25, 0.3) is 5.91 Å². The molecule has 0 aliphatic heterocycles. The van der Waals surface area contributed by atoms with Crippen LogP contribution in [-0.4, -0.2) is 17.7 Å². The molecule has 0 radical (unpaired) electrons. The molecule has 0 spiro atoms. The molecule has 1 amide bonds. The molecule has 22 heavy (non-hydrogen) atoms. The topological polar surface area (TPSA) is 141 Å². The van der Waals surface area contributed by atoms with E-state index in [1.54, 1.807) is 48.5 Å². The second-order valence-corrected chi connectivity index (χ2v) is 4.50. The number of nitrogens with one attached hydrogen (secondary N) is 4. The zero-order chi connectivity index (χ0) is 16.1. The molecule has 0 atom stereocenters. The van der Waals surface area contributed by atoms with Crippen molar-refractivity contribution in [3.8, 4) is 0 Å². The maximum Gasteiger partial charge on any atom is 0.257 e. The van der Waals surface area contributed by atoms with Crippen LogP contribution < -0.4 is 22.1 Å². The number of rotatable bonds is 4. The van der Waals surface area contributed by atoms with Gasteiger partial charge in [0.15, 0.2) is 5.96 Å². The third kappa shape index (κ3) is 3.40. The summed E-state index contributed by atoms with van der Waals surface area (Å²) in [6, 6.07) is 13.5. The smallest absolute Gasteiger partial charge is 0.257 e. The molecule has 8 N–H and O–H groups in total. The predicted molar refractivity (Wildman–Crippen MR) is 87.4 cm³/mol. The highest BCUT2D eigenvalue weighted by molar-refractivity contribution is 6.12. The molecule has 0 unspecified atom stereocenters. The van der Waals surface area contributed by atoms with Gasteiger partial charge < -0.3 is 22.1 Å². The van der Waals surface area contributed by atoms with E-state index in [-0.39, 0.29) is 11.8 Å². The Hall–Kier alpha value is -3.35. The van der Waals surface area contributed by atoms with E-state index in [0.29, 0.717) is 22.5 Å². The number of para-hydroxylation sites is 2. The number of benzene rings is 2. The zero-order valence-electron chi connectivity index (χ0n) is 11.7. The van der Waals surface area contributed by atoms with E-state index in [1.165, 1.54) is 0 Å². The standard InChI is InChI=1S/C15H16N6O/c16-13(17)9-5-1-3-7-11(9)20-14(22)10-6-2-4-8-12(10)21-15(18)19/h1-8H,(H3,16,17)(H,20,22)(H4,18,19,21). The van der Waals surface area contributed by atoms with Crippen LogP contribution in [0.15, 0.2) is 48.5 Å². The predicted octanol–water partition coefficient (Wildman–Crippen LogP) is 1.53. The summed E-state index contributed by atoms with van der Waals surface area (Å²) in [4.78, 5) is 12.4. The van der Waals surface area contributed by atoms with Crippen molar-refractivity contribution in [3.63, 3.8) is 0 Å². The molecule has 0 fully saturated rings. The molecule has 2 aromatic carbocycles. The zero-order valence-corrected chi connectivity index (χ0v) is 11.7. The maximum atomic E-state index is 12.4. The Morgan fingerprint density at radius 1 is 0.818 bits per heavy atom. The Balaban J connectivity index is 2.31. The van der Waals surface area contributed by atoms with Gasteiger partial charge in [0.05, 0.1) is 16.9 Å². The average molecular weight is 296 g/mol. The van der Waals surface area contributed by atoms with Crippen molar-refractivity contribution < 1.29 is 4.79 Å². The highest BCUT2D eigenvalue weighted by Crippen LogP contribution is 2.19. The van der Waals surface area contributed by atoms with Crippen LogP contribution in [0.1, 0.15) is 15.9 Å². The first kappa shape index (κ1) is 15.0. The fourth-order valence-corrected chi connectivity index (χ4v) is 1.95. The van der Waals surface area contributed by atoms with Crippen LogP contribution in [0.5, 0.6) is 0 Å². The Kier molecular flexibility index (Phi) is 4.38. The SMILES string of the molecule is N=C(N)Nc1ccccc1C(=O)Nc1ccccc1C(=N)N. The third-order valence-corrected chi connectivity index (χ3v) is 2.91. The lowest BCUT2D eigenvalue weighted by Crippen LogP contribution is -2.24. The van der Waals surface area contributed by atoms with Gasteiger partial charge in [-0.05, 0) is 24.3 Å². The summed E-state index contributed by atoms with van der Waals surface area (Å²) in [5.41, 5.74) is 12.4. The number of nitrogen functional groups attached to an aromatic ring is 1. The van der Waals surface area contributed by atoms with Crippen LogP contribution in [0.3, 0.4) is 0 Å². The van der Waals surface area contributed by atoms with Gasteiger partial charge >= 0.3 is 0 Å². The van der Waals surface area contributed by atoms with Crippen LogP contribution in [0, 0.1) is 10.8 Å². The minimum absolute atomic E-state index is 0.133. The van der Waals surface area contributed by atoms with E-state index in [4.69, 9.17) is 22.3 Å². The molecular weight excluding hydrogens is 280 g/mol. The minimum Gasteiger partial charge on any atom is -0.384 e. The van der Waals surface area contributed by atoms with Crippen LogP contribution in [-0.2, 0) is 0 Å². The highest BCUT2D eigenvalue weighted by Gasteiger charge is 2.14. The van der Waals surface area contributed by atoms with E-state index < -0.39 is 5.91 Å². The Morgan fingerprint density at radius 2 is 1.32 bits per heavy atom. The normalized spacial score (nSPS) is 9.82. The fourth-order valence-electron chi connectivity index (χ4n) is 1.95. The lowest BCUT2D eigenvalue weighted by atomic mass is 10.1. The van der Waals surface area contributed by atoms with Crippen molar-refractivity contribution in [2.24, 2.45) is 11.5 Å². The molecule has 2 rings (SSSR count). The van der Waals surface area contributed by atoms with E-state index in [1.807, 2.05) is 0 Å². The van der Waals surface area contributed by atoms with Gasteiger partial charge in [-0.1, -0.05) is 24.3 Å². The van der Waals surface area contributed by atoms with Crippen LogP contribution >= 0.6 is 0 Å². The first-order valence-corrected chi connectivity index (χ1v) is 6.44. The molecule has 0 aromatic heterocycles. The van der Waals surface area contributed by atoms with Crippen LogP contribution in [0.2, 0.25) is 0 Å². The number of guanidine groups is 1. The second kappa shape index (κ2) is 6.40. The number of hydrogen-bond donors (Lipinski definition) is 6. The number of hydrogen-bond acceptors (Lipinski definition) is 3. The molecule has 0 bridgehead atoms. The van der Waals surface area contributed by atoms with Crippen LogP contribution in [0.25, 0.3) is 0 Å². The first-order valence-electron chi connectivity index (χ1n) is 6.44. The molecule has 0 saturated carbocycles. The van der Waals surface area contributed by atoms with Crippen molar-refractivity contribution in [1.29, 1.82) is 10.8 Å². The van der Waals surface area contributed by atoms with Gasteiger partial charge in [-0.2, -0.15) is 0 Å². The van der Waals surface area contributed by atoms with E-state index in [2.05, 4.69) is 10.6 Å². The van der Waals surface area contributed by atoms with E-state index >= 15 is 0 Å². The minimum atomic E-state index is -0.391. The maximum absolute atomic E-state index is 12.4. The molecule has 2 aromatic rings. The monoisotopic (exact) mass is 296 g/mol. The van der Waals surface area contributed by atoms with Crippen molar-refractivity contribution in [3.05, 3.63) is 59.7 Å². The number of amides is 1. The summed E-state index contributed by atoms with van der Waals surface area (Å²) in [7, 11) is 0. The summed E-state index contributed by atoms with van der Waals surface area (Å²) in [5.74, 6) is -0.784. The van der Waals surface area contributed by atoms with Crippen molar-refractivity contribution in [2.45, 2.75) is 0 Å². The van der Waals surface area contributed by atoms with Gasteiger partial charge in [-0.3, -0.25) is 15.6 Å². The average Bonchev–Trinajstić information content (AvgIpc) is 2.47. The molecule has 7 nitrogen and oxygen atoms in total. The van der Waals surface area contributed by atoms with Gasteiger partial charge in [0.2, 0.25) is 0 Å². The first-order chi connectivity index (χ1) is 10.5. The van der Waals surface area contributed by atoms with Gasteiger partial charge in [0.1, 0.15) is 5.84 Å². The molecule has 7 heteroatoms. The van der Waals surface area contributed by atoms with Gasteiger partial charge in [-0.15, -0.1) is 0 Å². The summed E-state index contributed by atoms with van der Waals surface area (Å²) in [5, 5.41) is 20.1. The lowest BCUT2D eigenvalue weighted by Gasteiger charge is -2.13. The van der Waals surface area contributed by atoms with Gasteiger partial charge in [0, 0.05) is 5.56 Å². The number of carbonyl (C=O) groups is 1. The van der Waals surface area contributed by atoms with Crippen molar-refractivity contribution in [2.75, 3.05) is 10.6 Å². The lowest BCUT2D eigenvalue weighted by molar-refractivity contribution is 0.102. The number of amidine groups is 1. The number of anilines is 2. The molecule has 0 aliphatic carbocycles.